The molecule has 1 atom stereocenters. The zero-order valence-electron chi connectivity index (χ0n) is 14.7. The highest BCUT2D eigenvalue weighted by molar-refractivity contribution is 7.91. The fourth-order valence-corrected chi connectivity index (χ4v) is 4.69. The van der Waals surface area contributed by atoms with Gasteiger partial charge in [-0.15, -0.1) is 0 Å². The molecule has 2 aromatic carbocycles. The number of rotatable bonds is 2. The maximum absolute atomic E-state index is 12.6. The third-order valence-corrected chi connectivity index (χ3v) is 6.61. The van der Waals surface area contributed by atoms with Crippen molar-refractivity contribution in [3.63, 3.8) is 0 Å². The quantitative estimate of drug-likeness (QED) is 0.895. The van der Waals surface area contributed by atoms with Crippen molar-refractivity contribution in [2.24, 2.45) is 0 Å². The number of benzene rings is 2. The number of nitrogens with zero attached hydrogens (tertiary/aromatic N) is 1. The van der Waals surface area contributed by atoms with Crippen molar-refractivity contribution in [1.29, 1.82) is 0 Å². The molecule has 0 aliphatic carbocycles. The number of carbonyl (C=O) groups is 1. The number of hydrogen-bond acceptors (Lipinski definition) is 3. The summed E-state index contributed by atoms with van der Waals surface area (Å²) in [4.78, 5) is 14.2. The molecule has 3 rings (SSSR count). The van der Waals surface area contributed by atoms with Gasteiger partial charge in [0.1, 0.15) is 0 Å². The molecule has 1 heterocycles. The highest BCUT2D eigenvalue weighted by Gasteiger charge is 2.27. The zero-order chi connectivity index (χ0) is 18.0. The maximum atomic E-state index is 12.6. The van der Waals surface area contributed by atoms with Crippen LogP contribution in [0.4, 0.5) is 4.79 Å². The van der Waals surface area contributed by atoms with Gasteiger partial charge in [-0.05, 0) is 42.2 Å². The number of urea groups is 1. The first kappa shape index (κ1) is 17.7. The van der Waals surface area contributed by atoms with Crippen molar-refractivity contribution >= 4 is 26.6 Å². The molecule has 0 spiro atoms. The Hall–Kier alpha value is -2.08. The van der Waals surface area contributed by atoms with Crippen LogP contribution in [-0.4, -0.2) is 43.4 Å². The van der Waals surface area contributed by atoms with Crippen molar-refractivity contribution in [1.82, 2.24) is 10.2 Å². The minimum Gasteiger partial charge on any atom is -0.334 e. The second-order valence-corrected chi connectivity index (χ2v) is 9.03. The average Bonchev–Trinajstić information content (AvgIpc) is 2.73. The second kappa shape index (κ2) is 7.04. The van der Waals surface area contributed by atoms with Gasteiger partial charge in [0, 0.05) is 19.1 Å². The van der Waals surface area contributed by atoms with E-state index in [9.17, 15) is 13.2 Å². The fourth-order valence-electron chi connectivity index (χ4n) is 3.31. The predicted molar refractivity (Wildman–Crippen MR) is 100 cm³/mol. The lowest BCUT2D eigenvalue weighted by Crippen LogP contribution is -2.45. The van der Waals surface area contributed by atoms with E-state index in [4.69, 9.17) is 0 Å². The van der Waals surface area contributed by atoms with Crippen molar-refractivity contribution in [3.8, 4) is 0 Å². The Labute approximate surface area is 148 Å². The van der Waals surface area contributed by atoms with Gasteiger partial charge in [-0.3, -0.25) is 0 Å². The number of carbonyl (C=O) groups excluding carboxylic acids is 1. The highest BCUT2D eigenvalue weighted by Crippen LogP contribution is 2.22. The summed E-state index contributed by atoms with van der Waals surface area (Å²) in [5.74, 6) is 0.193. The van der Waals surface area contributed by atoms with E-state index in [1.165, 1.54) is 10.9 Å². The van der Waals surface area contributed by atoms with Gasteiger partial charge in [0.25, 0.3) is 0 Å². The highest BCUT2D eigenvalue weighted by atomic mass is 32.2. The SMILES string of the molecule is Cc1ccc(CNC(=O)N2CCS(=O)(=O)CCC2C)c2ccccc12. The first-order valence-electron chi connectivity index (χ1n) is 8.59. The number of sulfone groups is 1. The molecule has 1 aliphatic rings. The molecule has 5 nitrogen and oxygen atoms in total. The summed E-state index contributed by atoms with van der Waals surface area (Å²) in [6.45, 7) is 4.66. The normalized spacial score (nSPS) is 20.2. The van der Waals surface area contributed by atoms with Crippen LogP contribution in [0.2, 0.25) is 0 Å². The van der Waals surface area contributed by atoms with Crippen molar-refractivity contribution in [2.45, 2.75) is 32.9 Å². The molecule has 2 amide bonds. The first-order valence-corrected chi connectivity index (χ1v) is 10.4. The van der Waals surface area contributed by atoms with Crippen LogP contribution in [0.3, 0.4) is 0 Å². The van der Waals surface area contributed by atoms with Gasteiger partial charge in [-0.25, -0.2) is 13.2 Å². The average molecular weight is 360 g/mol. The van der Waals surface area contributed by atoms with Gasteiger partial charge in [0.2, 0.25) is 0 Å². The van der Waals surface area contributed by atoms with Crippen LogP contribution in [-0.2, 0) is 16.4 Å². The number of aryl methyl sites for hydroxylation is 1. The van der Waals surface area contributed by atoms with Gasteiger partial charge < -0.3 is 10.2 Å². The summed E-state index contributed by atoms with van der Waals surface area (Å²) in [6, 6.07) is 12.0. The molecule has 134 valence electrons. The smallest absolute Gasteiger partial charge is 0.317 e. The topological polar surface area (TPSA) is 66.5 Å². The first-order chi connectivity index (χ1) is 11.9. The van der Waals surface area contributed by atoms with Crippen LogP contribution in [0.1, 0.15) is 24.5 Å². The van der Waals surface area contributed by atoms with Crippen LogP contribution in [0.25, 0.3) is 10.8 Å². The summed E-state index contributed by atoms with van der Waals surface area (Å²) in [7, 11) is -3.04. The summed E-state index contributed by atoms with van der Waals surface area (Å²) < 4.78 is 23.6. The van der Waals surface area contributed by atoms with Crippen molar-refractivity contribution < 1.29 is 13.2 Å². The second-order valence-electron chi connectivity index (χ2n) is 6.73. The van der Waals surface area contributed by atoms with Gasteiger partial charge in [-0.2, -0.15) is 0 Å². The van der Waals surface area contributed by atoms with Crippen LogP contribution < -0.4 is 5.32 Å². The lowest BCUT2D eigenvalue weighted by Gasteiger charge is -2.27. The molecule has 25 heavy (non-hydrogen) atoms. The number of nitrogens with one attached hydrogen (secondary N) is 1. The fraction of sp³-hybridized carbons (Fsp3) is 0.421. The third kappa shape index (κ3) is 3.95. The van der Waals surface area contributed by atoms with E-state index < -0.39 is 9.84 Å². The number of hydrogen-bond donors (Lipinski definition) is 1. The van der Waals surface area contributed by atoms with E-state index in [-0.39, 0.29) is 30.1 Å². The minimum atomic E-state index is -3.04. The van der Waals surface area contributed by atoms with E-state index >= 15 is 0 Å². The summed E-state index contributed by atoms with van der Waals surface area (Å²) >= 11 is 0. The maximum Gasteiger partial charge on any atom is 0.317 e. The molecular weight excluding hydrogens is 336 g/mol. The van der Waals surface area contributed by atoms with E-state index in [0.717, 1.165) is 10.9 Å². The van der Waals surface area contributed by atoms with E-state index in [2.05, 4.69) is 30.4 Å². The Bertz CT molecular complexity index is 893. The molecular formula is C19H24N2O3S. The Morgan fingerprint density at radius 1 is 1.16 bits per heavy atom. The minimum absolute atomic E-state index is 0.0399. The molecule has 1 unspecified atom stereocenters. The molecule has 6 heteroatoms. The van der Waals surface area contributed by atoms with Gasteiger partial charge in [0.05, 0.1) is 11.5 Å². The molecule has 1 saturated heterocycles. The molecule has 1 N–H and O–H groups in total. The van der Waals surface area contributed by atoms with Gasteiger partial charge in [-0.1, -0.05) is 36.4 Å². The summed E-state index contributed by atoms with van der Waals surface area (Å²) in [5.41, 5.74) is 2.27. The lowest BCUT2D eigenvalue weighted by atomic mass is 10.0. The third-order valence-electron chi connectivity index (χ3n) is 4.95. The van der Waals surface area contributed by atoms with E-state index in [1.54, 1.807) is 4.90 Å². The zero-order valence-corrected chi connectivity index (χ0v) is 15.5. The molecule has 0 saturated carbocycles. The van der Waals surface area contributed by atoms with E-state index in [1.807, 2.05) is 25.1 Å². The lowest BCUT2D eigenvalue weighted by molar-refractivity contribution is 0.182. The van der Waals surface area contributed by atoms with Crippen molar-refractivity contribution in [2.75, 3.05) is 18.1 Å². The molecule has 0 radical (unpaired) electrons. The van der Waals surface area contributed by atoms with Crippen LogP contribution in [0.15, 0.2) is 36.4 Å². The molecule has 2 aromatic rings. The Morgan fingerprint density at radius 2 is 1.88 bits per heavy atom. The standard InChI is InChI=1S/C19H24N2O3S/c1-14-7-8-16(18-6-4-3-5-17(14)18)13-20-19(22)21-10-12-25(23,24)11-9-15(21)2/h3-8,15H,9-13H2,1-2H3,(H,20,22). The number of amides is 2. The predicted octanol–water partition coefficient (Wildman–Crippen LogP) is 2.87. The van der Waals surface area contributed by atoms with E-state index in [0.29, 0.717) is 13.0 Å². The Kier molecular flexibility index (Phi) is 4.99. The van der Waals surface area contributed by atoms with Crippen LogP contribution in [0, 0.1) is 6.92 Å². The molecule has 0 aromatic heterocycles. The van der Waals surface area contributed by atoms with Crippen molar-refractivity contribution in [3.05, 3.63) is 47.5 Å². The monoisotopic (exact) mass is 360 g/mol. The van der Waals surface area contributed by atoms with Gasteiger partial charge in [0.15, 0.2) is 9.84 Å². The number of fused-ring (bicyclic) bond motifs is 1. The molecule has 0 bridgehead atoms. The van der Waals surface area contributed by atoms with Crippen LogP contribution in [0.5, 0.6) is 0 Å². The molecule has 1 fully saturated rings. The summed E-state index contributed by atoms with van der Waals surface area (Å²) in [6.07, 6.45) is 0.489. The van der Waals surface area contributed by atoms with Gasteiger partial charge >= 0.3 is 6.03 Å². The Morgan fingerprint density at radius 3 is 2.64 bits per heavy atom. The van der Waals surface area contributed by atoms with Crippen LogP contribution >= 0.6 is 0 Å². The summed E-state index contributed by atoms with van der Waals surface area (Å²) in [5, 5.41) is 5.28. The molecule has 1 aliphatic heterocycles. The largest absolute Gasteiger partial charge is 0.334 e. The Balaban J connectivity index is 1.73.